The molecule has 0 aliphatic heterocycles. The van der Waals surface area contributed by atoms with Crippen LogP contribution in [-0.4, -0.2) is 0 Å². The predicted octanol–water partition coefficient (Wildman–Crippen LogP) is 18.3. The van der Waals surface area contributed by atoms with Gasteiger partial charge in [-0.25, -0.2) is 0 Å². The largest absolute Gasteiger partial charge is 0.311 e. The third kappa shape index (κ3) is 7.58. The van der Waals surface area contributed by atoms with Crippen molar-refractivity contribution in [3.05, 3.63) is 268 Å². The second-order valence-electron chi connectivity index (χ2n) is 20.7. The number of nitrogens with zero attached hydrogens (tertiary/aromatic N) is 3. The molecule has 0 bridgehead atoms. The Bertz CT molecular complexity index is 3310. The first-order valence-electron chi connectivity index (χ1n) is 25.5. The summed E-state index contributed by atoms with van der Waals surface area (Å²) >= 11 is 0. The molecule has 0 radical (unpaired) electrons. The van der Waals surface area contributed by atoms with Crippen molar-refractivity contribution < 1.29 is 0 Å². The van der Waals surface area contributed by atoms with E-state index in [4.69, 9.17) is 0 Å². The van der Waals surface area contributed by atoms with Crippen LogP contribution >= 0.6 is 0 Å². The van der Waals surface area contributed by atoms with E-state index in [-0.39, 0.29) is 0 Å². The molecular formula is C68H61N3. The van der Waals surface area contributed by atoms with Crippen molar-refractivity contribution in [2.45, 2.75) is 66.7 Å². The molecule has 12 rings (SSSR count). The lowest BCUT2D eigenvalue weighted by Crippen LogP contribution is -2.27. The van der Waals surface area contributed by atoms with Crippen molar-refractivity contribution in [3.63, 3.8) is 0 Å². The van der Waals surface area contributed by atoms with Gasteiger partial charge in [0, 0.05) is 51.2 Å². The van der Waals surface area contributed by atoms with Crippen molar-refractivity contribution >= 4 is 39.8 Å². The highest BCUT2D eigenvalue weighted by Gasteiger charge is 2.52. The van der Waals surface area contributed by atoms with Crippen molar-refractivity contribution in [1.82, 2.24) is 0 Å². The van der Waals surface area contributed by atoms with Gasteiger partial charge in [-0.05, 0) is 201 Å². The Kier molecular flexibility index (Phi) is 10.9. The fourth-order valence-corrected chi connectivity index (χ4v) is 11.6. The van der Waals surface area contributed by atoms with E-state index in [0.717, 1.165) is 52.7 Å². The average Bonchev–Trinajstić information content (AvgIpc) is 3.83. The molecule has 4 aliphatic carbocycles. The van der Waals surface area contributed by atoms with E-state index < -0.39 is 5.41 Å². The summed E-state index contributed by atoms with van der Waals surface area (Å²) < 4.78 is 0. The van der Waals surface area contributed by atoms with Gasteiger partial charge in [0.1, 0.15) is 0 Å². The number of allylic oxidation sites excluding steroid dienone is 6. The topological polar surface area (TPSA) is 9.72 Å². The summed E-state index contributed by atoms with van der Waals surface area (Å²) in [6, 6.07) is 65.1. The Morgan fingerprint density at radius 1 is 0.324 bits per heavy atom. The van der Waals surface area contributed by atoms with E-state index in [2.05, 4.69) is 269 Å². The van der Waals surface area contributed by atoms with E-state index in [1.54, 1.807) is 0 Å². The van der Waals surface area contributed by atoms with Gasteiger partial charge in [0.25, 0.3) is 0 Å². The SMILES string of the molecule is Cc1ccc(N(C2=CCC(C)C=C2)c2ccc3c(c2)C2(c4cc(C)ccc4-c4ccc(N(c5ccc(C)cc5)c5ccc(C)cc5)cc42)c2cc(N(C4=CCC(C)C=C4)c4ccc(C)cc4)ccc2-3)cc1. The van der Waals surface area contributed by atoms with Crippen molar-refractivity contribution in [3.8, 4) is 22.3 Å². The van der Waals surface area contributed by atoms with Crippen LogP contribution in [0, 0.1) is 46.5 Å². The normalized spacial score (nSPS) is 18.1. The van der Waals surface area contributed by atoms with Crippen LogP contribution < -0.4 is 14.7 Å². The van der Waals surface area contributed by atoms with E-state index in [0.29, 0.717) is 11.8 Å². The minimum Gasteiger partial charge on any atom is -0.311 e. The molecule has 3 nitrogen and oxygen atoms in total. The van der Waals surface area contributed by atoms with Gasteiger partial charge in [0.15, 0.2) is 0 Å². The van der Waals surface area contributed by atoms with Crippen molar-refractivity contribution in [2.24, 2.45) is 11.8 Å². The zero-order chi connectivity index (χ0) is 48.5. The molecule has 0 saturated heterocycles. The zero-order valence-electron chi connectivity index (χ0n) is 42.0. The molecule has 3 heteroatoms. The summed E-state index contributed by atoms with van der Waals surface area (Å²) in [4.78, 5) is 7.40. The van der Waals surface area contributed by atoms with Gasteiger partial charge < -0.3 is 14.7 Å². The molecule has 1 spiro atoms. The van der Waals surface area contributed by atoms with Crippen molar-refractivity contribution in [1.29, 1.82) is 0 Å². The lowest BCUT2D eigenvalue weighted by atomic mass is 9.70. The lowest BCUT2D eigenvalue weighted by Gasteiger charge is -2.35. The minimum atomic E-state index is -0.663. The first-order chi connectivity index (χ1) is 34.5. The first kappa shape index (κ1) is 44.3. The maximum Gasteiger partial charge on any atom is 0.0727 e. The molecular weight excluding hydrogens is 859 g/mol. The number of rotatable bonds is 9. The Labute approximate surface area is 421 Å². The van der Waals surface area contributed by atoms with E-state index in [1.165, 1.54) is 83.7 Å². The van der Waals surface area contributed by atoms with Crippen LogP contribution in [0.3, 0.4) is 0 Å². The molecule has 8 aromatic rings. The summed E-state index contributed by atoms with van der Waals surface area (Å²) in [5.74, 6) is 0.994. The molecule has 0 heterocycles. The van der Waals surface area contributed by atoms with Crippen LogP contribution in [0.5, 0.6) is 0 Å². The Morgan fingerprint density at radius 2 is 0.606 bits per heavy atom. The van der Waals surface area contributed by atoms with Crippen LogP contribution in [-0.2, 0) is 5.41 Å². The van der Waals surface area contributed by atoms with Gasteiger partial charge >= 0.3 is 0 Å². The summed E-state index contributed by atoms with van der Waals surface area (Å²) in [5, 5.41) is 0. The number of benzene rings is 8. The molecule has 0 aromatic heterocycles. The van der Waals surface area contributed by atoms with Gasteiger partial charge in [0.05, 0.1) is 5.41 Å². The quantitative estimate of drug-likeness (QED) is 0.143. The summed E-state index contributed by atoms with van der Waals surface area (Å²) in [5.41, 5.74) is 26.3. The molecule has 0 amide bonds. The van der Waals surface area contributed by atoms with Gasteiger partial charge in [-0.3, -0.25) is 0 Å². The molecule has 0 N–H and O–H groups in total. The monoisotopic (exact) mass is 919 g/mol. The van der Waals surface area contributed by atoms with Crippen LogP contribution in [0.25, 0.3) is 22.3 Å². The number of aryl methyl sites for hydroxylation is 5. The van der Waals surface area contributed by atoms with Gasteiger partial charge in [0.2, 0.25) is 0 Å². The molecule has 0 saturated carbocycles. The average molecular weight is 920 g/mol. The fourth-order valence-electron chi connectivity index (χ4n) is 11.6. The van der Waals surface area contributed by atoms with E-state index in [9.17, 15) is 0 Å². The summed E-state index contributed by atoms with van der Waals surface area (Å²) in [6.45, 7) is 15.5. The van der Waals surface area contributed by atoms with Crippen LogP contribution in [0.15, 0.2) is 218 Å². The summed E-state index contributed by atoms with van der Waals surface area (Å²) in [6.07, 6.45) is 16.2. The molecule has 348 valence electrons. The maximum atomic E-state index is 2.54. The Hall–Kier alpha value is -7.88. The Morgan fingerprint density at radius 3 is 0.944 bits per heavy atom. The third-order valence-corrected chi connectivity index (χ3v) is 15.4. The smallest absolute Gasteiger partial charge is 0.0727 e. The molecule has 0 fully saturated rings. The predicted molar refractivity (Wildman–Crippen MR) is 300 cm³/mol. The highest BCUT2D eigenvalue weighted by molar-refractivity contribution is 5.98. The van der Waals surface area contributed by atoms with Gasteiger partial charge in [-0.15, -0.1) is 0 Å². The maximum absolute atomic E-state index is 2.54. The van der Waals surface area contributed by atoms with Crippen LogP contribution in [0.2, 0.25) is 0 Å². The van der Waals surface area contributed by atoms with Crippen molar-refractivity contribution in [2.75, 3.05) is 14.7 Å². The van der Waals surface area contributed by atoms with Gasteiger partial charge in [-0.2, -0.15) is 0 Å². The fraction of sp³-hybridized carbons (Fsp3) is 0.176. The molecule has 2 atom stereocenters. The number of anilines is 7. The second kappa shape index (κ2) is 17.5. The summed E-state index contributed by atoms with van der Waals surface area (Å²) in [7, 11) is 0. The Balaban J connectivity index is 1.15. The highest BCUT2D eigenvalue weighted by Crippen LogP contribution is 2.65. The van der Waals surface area contributed by atoms with Crippen LogP contribution in [0.4, 0.5) is 39.8 Å². The highest BCUT2D eigenvalue weighted by atomic mass is 15.2. The van der Waals surface area contributed by atoms with Crippen LogP contribution in [0.1, 0.15) is 76.8 Å². The standard InChI is InChI=1S/C68H61N3/c1-44-8-21-51(22-9-44)69(52-23-10-45(2)11-24-52)57-33-37-61-60-36-20-50(7)40-64(60)68(65(61)41-57)66-42-58(70(53-25-12-46(3)13-26-53)54-27-14-47(4)15-28-54)34-38-62(66)63-39-35-59(43-67(63)68)71(55-29-16-48(5)17-30-55)56-31-18-49(6)19-32-56/h8-14,16-18,20-43,47,49H,15,19H2,1-7H3. The molecule has 71 heavy (non-hydrogen) atoms. The number of fused-ring (bicyclic) bond motifs is 10. The number of hydrogen-bond donors (Lipinski definition) is 0. The minimum absolute atomic E-state index is 0.497. The molecule has 2 unspecified atom stereocenters. The number of hydrogen-bond acceptors (Lipinski definition) is 3. The first-order valence-corrected chi connectivity index (χ1v) is 25.5. The lowest BCUT2D eigenvalue weighted by molar-refractivity contribution is 0.728. The molecule has 8 aromatic carbocycles. The van der Waals surface area contributed by atoms with E-state index in [1.807, 2.05) is 0 Å². The van der Waals surface area contributed by atoms with Gasteiger partial charge in [-0.1, -0.05) is 151 Å². The zero-order valence-corrected chi connectivity index (χ0v) is 42.0. The third-order valence-electron chi connectivity index (χ3n) is 15.4. The molecule has 4 aliphatic rings. The second-order valence-corrected chi connectivity index (χ2v) is 20.7. The van der Waals surface area contributed by atoms with E-state index >= 15 is 0 Å².